The number of hydrogen-bond donors (Lipinski definition) is 1. The third-order valence-electron chi connectivity index (χ3n) is 4.47. The molecule has 18 heavy (non-hydrogen) atoms. The van der Waals surface area contributed by atoms with Crippen LogP contribution >= 0.6 is 0 Å². The molecular weight excluding hydrogens is 246 g/mol. The SMILES string of the molecule is CCCC(C)C(NC)C1CCCC(S(C)(=O)=O)C1. The first-order chi connectivity index (χ1) is 8.40. The fourth-order valence-electron chi connectivity index (χ4n) is 3.52. The fourth-order valence-corrected chi connectivity index (χ4v) is 4.71. The maximum Gasteiger partial charge on any atom is 0.150 e. The summed E-state index contributed by atoms with van der Waals surface area (Å²) in [6, 6.07) is 0.467. The van der Waals surface area contributed by atoms with Gasteiger partial charge in [-0.2, -0.15) is 0 Å². The van der Waals surface area contributed by atoms with Gasteiger partial charge in [0.1, 0.15) is 9.84 Å². The quantitative estimate of drug-likeness (QED) is 0.810. The topological polar surface area (TPSA) is 46.2 Å². The lowest BCUT2D eigenvalue weighted by atomic mass is 9.78. The van der Waals surface area contributed by atoms with Gasteiger partial charge in [-0.1, -0.05) is 26.7 Å². The summed E-state index contributed by atoms with van der Waals surface area (Å²) in [5.74, 6) is 1.15. The molecule has 4 atom stereocenters. The number of rotatable bonds is 6. The standard InChI is InChI=1S/C14H29NO2S/c1-5-7-11(2)14(15-3)12-8-6-9-13(10-12)18(4,16)17/h11-15H,5-10H2,1-4H3. The van der Waals surface area contributed by atoms with E-state index in [0.29, 0.717) is 17.9 Å². The van der Waals surface area contributed by atoms with Crippen LogP contribution < -0.4 is 5.32 Å². The van der Waals surface area contributed by atoms with Crippen molar-refractivity contribution in [2.24, 2.45) is 11.8 Å². The van der Waals surface area contributed by atoms with Crippen LogP contribution in [0.1, 0.15) is 52.4 Å². The maximum atomic E-state index is 11.7. The molecule has 0 saturated heterocycles. The predicted octanol–water partition coefficient (Wildman–Crippen LogP) is 2.61. The fraction of sp³-hybridized carbons (Fsp3) is 1.00. The molecule has 1 N–H and O–H groups in total. The third-order valence-corrected chi connectivity index (χ3v) is 6.11. The Balaban J connectivity index is 2.69. The minimum Gasteiger partial charge on any atom is -0.316 e. The molecule has 0 heterocycles. The molecule has 0 bridgehead atoms. The monoisotopic (exact) mass is 275 g/mol. The molecule has 1 fully saturated rings. The van der Waals surface area contributed by atoms with E-state index in [0.717, 1.165) is 19.3 Å². The molecule has 1 saturated carbocycles. The summed E-state index contributed by atoms with van der Waals surface area (Å²) in [5, 5.41) is 3.32. The van der Waals surface area contributed by atoms with Gasteiger partial charge in [0.05, 0.1) is 5.25 Å². The van der Waals surface area contributed by atoms with Crippen LogP contribution in [0, 0.1) is 11.8 Å². The molecule has 1 rings (SSSR count). The van der Waals surface area contributed by atoms with Crippen LogP contribution in [0.2, 0.25) is 0 Å². The zero-order valence-electron chi connectivity index (χ0n) is 12.3. The van der Waals surface area contributed by atoms with Gasteiger partial charge in [0.2, 0.25) is 0 Å². The van der Waals surface area contributed by atoms with Gasteiger partial charge in [-0.05, 0) is 44.6 Å². The molecule has 1 aliphatic carbocycles. The molecule has 108 valence electrons. The van der Waals surface area contributed by atoms with Gasteiger partial charge in [-0.3, -0.25) is 0 Å². The van der Waals surface area contributed by atoms with Crippen molar-refractivity contribution in [3.8, 4) is 0 Å². The van der Waals surface area contributed by atoms with Gasteiger partial charge in [-0.25, -0.2) is 8.42 Å². The molecule has 0 aromatic heterocycles. The zero-order valence-corrected chi connectivity index (χ0v) is 13.1. The number of nitrogens with one attached hydrogen (secondary N) is 1. The van der Waals surface area contributed by atoms with E-state index < -0.39 is 9.84 Å². The zero-order chi connectivity index (χ0) is 13.8. The van der Waals surface area contributed by atoms with Crippen LogP contribution in [0.4, 0.5) is 0 Å². The lowest BCUT2D eigenvalue weighted by molar-refractivity contribution is 0.217. The van der Waals surface area contributed by atoms with Crippen molar-refractivity contribution in [3.63, 3.8) is 0 Å². The van der Waals surface area contributed by atoms with Crippen molar-refractivity contribution in [3.05, 3.63) is 0 Å². The van der Waals surface area contributed by atoms with Crippen LogP contribution in [-0.4, -0.2) is 33.0 Å². The summed E-state index contributed by atoms with van der Waals surface area (Å²) >= 11 is 0. The summed E-state index contributed by atoms with van der Waals surface area (Å²) in [6.07, 6.45) is 7.73. The minimum absolute atomic E-state index is 0.110. The molecule has 0 aromatic carbocycles. The van der Waals surface area contributed by atoms with Crippen molar-refractivity contribution in [2.75, 3.05) is 13.3 Å². The molecule has 4 unspecified atom stereocenters. The Morgan fingerprint density at radius 2 is 2.00 bits per heavy atom. The van der Waals surface area contributed by atoms with Gasteiger partial charge < -0.3 is 5.32 Å². The van der Waals surface area contributed by atoms with E-state index in [-0.39, 0.29) is 5.25 Å². The first kappa shape index (κ1) is 16.0. The van der Waals surface area contributed by atoms with Gasteiger partial charge in [0.15, 0.2) is 0 Å². The highest BCUT2D eigenvalue weighted by atomic mass is 32.2. The Hall–Kier alpha value is -0.0900. The molecule has 0 spiro atoms. The third kappa shape index (κ3) is 4.23. The Morgan fingerprint density at radius 1 is 1.33 bits per heavy atom. The Bertz CT molecular complexity index is 340. The summed E-state index contributed by atoms with van der Waals surface area (Å²) < 4.78 is 23.4. The Morgan fingerprint density at radius 3 is 2.50 bits per heavy atom. The summed E-state index contributed by atoms with van der Waals surface area (Å²) in [7, 11) is -0.852. The van der Waals surface area contributed by atoms with Crippen molar-refractivity contribution in [1.29, 1.82) is 0 Å². The number of sulfone groups is 1. The Kier molecular flexibility index (Phi) is 6.12. The van der Waals surface area contributed by atoms with Crippen molar-refractivity contribution in [1.82, 2.24) is 5.32 Å². The lowest BCUT2D eigenvalue weighted by Gasteiger charge is -2.36. The van der Waals surface area contributed by atoms with Crippen LogP contribution in [-0.2, 0) is 9.84 Å². The largest absolute Gasteiger partial charge is 0.316 e. The van der Waals surface area contributed by atoms with Crippen LogP contribution in [0.25, 0.3) is 0 Å². The minimum atomic E-state index is -2.87. The second kappa shape index (κ2) is 6.90. The van der Waals surface area contributed by atoms with Crippen LogP contribution in [0.3, 0.4) is 0 Å². The highest BCUT2D eigenvalue weighted by Gasteiger charge is 2.34. The van der Waals surface area contributed by atoms with Crippen LogP contribution in [0.15, 0.2) is 0 Å². The highest BCUT2D eigenvalue weighted by molar-refractivity contribution is 7.91. The van der Waals surface area contributed by atoms with Gasteiger partial charge in [-0.15, -0.1) is 0 Å². The highest BCUT2D eigenvalue weighted by Crippen LogP contribution is 2.33. The molecule has 3 nitrogen and oxygen atoms in total. The van der Waals surface area contributed by atoms with E-state index in [2.05, 4.69) is 19.2 Å². The van der Waals surface area contributed by atoms with E-state index >= 15 is 0 Å². The smallest absolute Gasteiger partial charge is 0.150 e. The van der Waals surface area contributed by atoms with E-state index in [1.165, 1.54) is 25.5 Å². The average Bonchev–Trinajstić information content (AvgIpc) is 2.29. The number of hydrogen-bond acceptors (Lipinski definition) is 3. The van der Waals surface area contributed by atoms with E-state index in [1.807, 2.05) is 7.05 Å². The molecule has 0 aliphatic heterocycles. The molecule has 1 aliphatic rings. The van der Waals surface area contributed by atoms with E-state index in [9.17, 15) is 8.42 Å². The lowest BCUT2D eigenvalue weighted by Crippen LogP contribution is -2.43. The van der Waals surface area contributed by atoms with Crippen molar-refractivity contribution < 1.29 is 8.42 Å². The molecule has 0 aromatic rings. The molecule has 4 heteroatoms. The van der Waals surface area contributed by atoms with Crippen molar-refractivity contribution in [2.45, 2.75) is 63.7 Å². The van der Waals surface area contributed by atoms with Crippen LogP contribution in [0.5, 0.6) is 0 Å². The molecule has 0 radical (unpaired) electrons. The first-order valence-corrected chi connectivity index (χ1v) is 9.21. The van der Waals surface area contributed by atoms with Gasteiger partial charge in [0, 0.05) is 12.3 Å². The first-order valence-electron chi connectivity index (χ1n) is 7.26. The molecular formula is C14H29NO2S. The molecule has 0 amide bonds. The maximum absolute atomic E-state index is 11.7. The van der Waals surface area contributed by atoms with Crippen molar-refractivity contribution >= 4 is 9.84 Å². The van der Waals surface area contributed by atoms with E-state index in [4.69, 9.17) is 0 Å². The summed E-state index contributed by atoms with van der Waals surface area (Å²) in [5.41, 5.74) is 0. The normalized spacial score (nSPS) is 28.9. The van der Waals surface area contributed by atoms with E-state index in [1.54, 1.807) is 0 Å². The van der Waals surface area contributed by atoms with Gasteiger partial charge in [0.25, 0.3) is 0 Å². The summed E-state index contributed by atoms with van der Waals surface area (Å²) in [4.78, 5) is 0. The average molecular weight is 275 g/mol. The van der Waals surface area contributed by atoms with Gasteiger partial charge >= 0.3 is 0 Å². The summed E-state index contributed by atoms with van der Waals surface area (Å²) in [6.45, 7) is 4.50. The predicted molar refractivity (Wildman–Crippen MR) is 77.5 cm³/mol. The second-order valence-corrected chi connectivity index (χ2v) is 8.28. The Labute approximate surface area is 113 Å². The second-order valence-electron chi connectivity index (χ2n) is 5.96.